The van der Waals surface area contributed by atoms with Crippen LogP contribution < -0.4 is 9.05 Å². The van der Waals surface area contributed by atoms with Crippen molar-refractivity contribution in [2.75, 3.05) is 0 Å². The fourth-order valence-corrected chi connectivity index (χ4v) is 5.93. The molecule has 0 N–H and O–H groups in total. The largest absolute Gasteiger partial charge is 0.445 e. The van der Waals surface area contributed by atoms with E-state index in [4.69, 9.17) is 9.05 Å². The summed E-state index contributed by atoms with van der Waals surface area (Å²) in [5.41, 5.74) is 4.18. The Morgan fingerprint density at radius 3 is 1.68 bits per heavy atom. The smallest absolute Gasteiger partial charge is 0.415 e. The van der Waals surface area contributed by atoms with Crippen LogP contribution in [0.1, 0.15) is 32.8 Å². The average Bonchev–Trinajstić information content (AvgIpc) is 2.80. The summed E-state index contributed by atoms with van der Waals surface area (Å²) < 4.78 is 26.8. The van der Waals surface area contributed by atoms with E-state index in [1.54, 1.807) is 24.3 Å². The molecule has 3 rings (SSSR count). The Labute approximate surface area is 206 Å². The van der Waals surface area contributed by atoms with Crippen LogP contribution in [0.3, 0.4) is 0 Å². The van der Waals surface area contributed by atoms with E-state index in [2.05, 4.69) is 57.5 Å². The molecule has 0 aliphatic rings. The lowest BCUT2D eigenvalue weighted by molar-refractivity contribution is 0.377. The zero-order valence-electron chi connectivity index (χ0n) is 20.8. The minimum atomic E-state index is -3.70. The fraction of sp³-hybridized carbons (Fsp3) is 0.310. The molecular formula is C29H35O3PSi. The first kappa shape index (κ1) is 25.9. The van der Waals surface area contributed by atoms with Gasteiger partial charge in [-0.25, -0.2) is 4.57 Å². The lowest BCUT2D eigenvalue weighted by Crippen LogP contribution is -2.36. The van der Waals surface area contributed by atoms with Gasteiger partial charge < -0.3 is 9.05 Å². The first-order chi connectivity index (χ1) is 16.1. The van der Waals surface area contributed by atoms with E-state index in [0.717, 1.165) is 6.42 Å². The Morgan fingerprint density at radius 2 is 1.24 bits per heavy atom. The van der Waals surface area contributed by atoms with Gasteiger partial charge in [0.05, 0.1) is 0 Å². The SMILES string of the molecule is CC(C)(C)[Si](C)(C)C#CC(CCc1ccccc1)P(=O)(Oc1ccccc1)Oc1ccccc1. The van der Waals surface area contributed by atoms with Crippen LogP contribution in [0.5, 0.6) is 11.5 Å². The maximum absolute atomic E-state index is 14.5. The highest BCUT2D eigenvalue weighted by Gasteiger charge is 2.40. The third-order valence-electron chi connectivity index (χ3n) is 6.31. The van der Waals surface area contributed by atoms with Gasteiger partial charge in [0.1, 0.15) is 25.2 Å². The quantitative estimate of drug-likeness (QED) is 0.181. The summed E-state index contributed by atoms with van der Waals surface area (Å²) in [4.78, 5) is 0. The van der Waals surface area contributed by atoms with Gasteiger partial charge in [0, 0.05) is 0 Å². The van der Waals surface area contributed by atoms with Crippen molar-refractivity contribution in [1.82, 2.24) is 0 Å². The third kappa shape index (κ3) is 7.13. The maximum Gasteiger partial charge on any atom is 0.445 e. The summed E-state index contributed by atoms with van der Waals surface area (Å²) >= 11 is 0. The molecule has 0 aliphatic heterocycles. The van der Waals surface area contributed by atoms with Crippen molar-refractivity contribution in [2.24, 2.45) is 0 Å². The Balaban J connectivity index is 2.02. The number of hydrogen-bond acceptors (Lipinski definition) is 3. The van der Waals surface area contributed by atoms with E-state index in [-0.39, 0.29) is 5.04 Å². The summed E-state index contributed by atoms with van der Waals surface area (Å²) in [5.74, 6) is 4.45. The summed E-state index contributed by atoms with van der Waals surface area (Å²) in [6.45, 7) is 11.2. The number of para-hydroxylation sites is 2. The molecule has 5 heteroatoms. The molecule has 0 amide bonds. The minimum absolute atomic E-state index is 0.0918. The average molecular weight is 491 g/mol. The van der Waals surface area contributed by atoms with Crippen LogP contribution in [0, 0.1) is 11.5 Å². The molecular weight excluding hydrogens is 455 g/mol. The van der Waals surface area contributed by atoms with E-state index >= 15 is 0 Å². The van der Waals surface area contributed by atoms with Crippen molar-refractivity contribution in [3.63, 3.8) is 0 Å². The topological polar surface area (TPSA) is 35.5 Å². The van der Waals surface area contributed by atoms with E-state index < -0.39 is 21.3 Å². The first-order valence-corrected chi connectivity index (χ1v) is 16.4. The fourth-order valence-electron chi connectivity index (χ4n) is 3.11. The van der Waals surface area contributed by atoms with Crippen LogP contribution in [-0.4, -0.2) is 13.7 Å². The second-order valence-electron chi connectivity index (χ2n) is 10.0. The van der Waals surface area contributed by atoms with Crippen LogP contribution in [-0.2, 0) is 11.0 Å². The molecule has 1 atom stereocenters. The first-order valence-electron chi connectivity index (χ1n) is 11.7. The molecule has 0 fully saturated rings. The molecule has 0 bridgehead atoms. The second-order valence-corrected chi connectivity index (χ2v) is 17.1. The zero-order chi connectivity index (χ0) is 24.7. The third-order valence-corrected chi connectivity index (χ3v) is 12.9. The second kappa shape index (κ2) is 11.1. The molecule has 0 aliphatic carbocycles. The van der Waals surface area contributed by atoms with Crippen molar-refractivity contribution in [1.29, 1.82) is 0 Å². The van der Waals surface area contributed by atoms with Gasteiger partial charge in [-0.2, -0.15) is 0 Å². The predicted molar refractivity (Wildman–Crippen MR) is 145 cm³/mol. The maximum atomic E-state index is 14.5. The molecule has 3 aromatic rings. The molecule has 0 aromatic heterocycles. The highest BCUT2D eigenvalue weighted by molar-refractivity contribution is 7.55. The number of aryl methyl sites for hydroxylation is 1. The van der Waals surface area contributed by atoms with E-state index in [9.17, 15) is 4.57 Å². The Bertz CT molecular complexity index is 1100. The van der Waals surface area contributed by atoms with Crippen molar-refractivity contribution < 1.29 is 13.6 Å². The van der Waals surface area contributed by atoms with Crippen molar-refractivity contribution in [3.8, 4) is 23.0 Å². The Morgan fingerprint density at radius 1 is 0.794 bits per heavy atom. The summed E-state index contributed by atoms with van der Waals surface area (Å²) in [5, 5.41) is 0.0918. The highest BCUT2D eigenvalue weighted by Crippen LogP contribution is 2.54. The molecule has 1 unspecified atom stereocenters. The lowest BCUT2D eigenvalue weighted by Gasteiger charge is -2.32. The van der Waals surface area contributed by atoms with E-state index in [0.29, 0.717) is 17.9 Å². The van der Waals surface area contributed by atoms with Crippen molar-refractivity contribution >= 4 is 15.7 Å². The highest BCUT2D eigenvalue weighted by atomic mass is 31.2. The van der Waals surface area contributed by atoms with E-state index in [1.807, 2.05) is 54.6 Å². The zero-order valence-corrected chi connectivity index (χ0v) is 22.7. The molecule has 0 saturated heterocycles. The molecule has 0 saturated carbocycles. The Kier molecular flexibility index (Phi) is 8.47. The molecule has 34 heavy (non-hydrogen) atoms. The van der Waals surface area contributed by atoms with Crippen molar-refractivity contribution in [3.05, 3.63) is 96.6 Å². The number of benzene rings is 3. The predicted octanol–water partition coefficient (Wildman–Crippen LogP) is 8.39. The molecule has 0 heterocycles. The molecule has 0 radical (unpaired) electrons. The van der Waals surface area contributed by atoms with Gasteiger partial charge in [-0.15, -0.1) is 5.54 Å². The van der Waals surface area contributed by atoms with Crippen LogP contribution in [0.2, 0.25) is 18.1 Å². The summed E-state index contributed by atoms with van der Waals surface area (Å²) in [7, 11) is -5.63. The normalized spacial score (nSPS) is 12.9. The van der Waals surface area contributed by atoms with Gasteiger partial charge in [-0.05, 0) is 47.7 Å². The van der Waals surface area contributed by atoms with Gasteiger partial charge in [-0.3, -0.25) is 0 Å². The summed E-state index contributed by atoms with van der Waals surface area (Å²) in [6, 6.07) is 28.7. The minimum Gasteiger partial charge on any atom is -0.415 e. The molecule has 3 aromatic carbocycles. The van der Waals surface area contributed by atoms with Gasteiger partial charge in [0.15, 0.2) is 0 Å². The van der Waals surface area contributed by atoms with Gasteiger partial charge >= 0.3 is 7.60 Å². The van der Waals surface area contributed by atoms with Gasteiger partial charge in [-0.1, -0.05) is 107 Å². The molecule has 178 valence electrons. The van der Waals surface area contributed by atoms with Gasteiger partial charge in [0.25, 0.3) is 0 Å². The summed E-state index contributed by atoms with van der Waals surface area (Å²) in [6.07, 6.45) is 1.31. The van der Waals surface area contributed by atoms with Crippen LogP contribution in [0.15, 0.2) is 91.0 Å². The van der Waals surface area contributed by atoms with Crippen molar-refractivity contribution in [2.45, 2.75) is 57.4 Å². The van der Waals surface area contributed by atoms with E-state index in [1.165, 1.54) is 5.56 Å². The molecule has 0 spiro atoms. The number of hydrogen-bond donors (Lipinski definition) is 0. The molecule has 3 nitrogen and oxygen atoms in total. The number of rotatable bonds is 8. The monoisotopic (exact) mass is 490 g/mol. The van der Waals surface area contributed by atoms with Crippen LogP contribution in [0.25, 0.3) is 0 Å². The van der Waals surface area contributed by atoms with Crippen LogP contribution in [0.4, 0.5) is 0 Å². The van der Waals surface area contributed by atoms with Gasteiger partial charge in [0.2, 0.25) is 0 Å². The standard InChI is InChI=1S/C29H35O3PSi/c1-29(2,3)34(4,5)24-23-28(22-21-25-15-9-6-10-16-25)33(30,31-26-17-11-7-12-18-26)32-27-19-13-8-14-20-27/h6-20,28H,21-22H2,1-5H3. The van der Waals surface area contributed by atoms with Crippen LogP contribution >= 0.6 is 7.60 Å². The lowest BCUT2D eigenvalue weighted by atomic mass is 10.1. The Hall–Kier alpha value is -2.73.